The fourth-order valence-corrected chi connectivity index (χ4v) is 2.09. The average Bonchev–Trinajstić information content (AvgIpc) is 2.53. The summed E-state index contributed by atoms with van der Waals surface area (Å²) in [5.41, 5.74) is -3.79. The summed E-state index contributed by atoms with van der Waals surface area (Å²) in [7, 11) is 0. The standard InChI is InChI=1S/C11H9F13O3/c1-2-5(3-4-25-27-26-5)6(12,13)7(14,15)8(16,17)9(18,19)10(20,21)11(22,23)24/h2-4H2,1H3. The summed E-state index contributed by atoms with van der Waals surface area (Å²) in [5.74, 6) is -37.4. The molecule has 0 saturated carbocycles. The minimum atomic E-state index is -7.95. The quantitative estimate of drug-likeness (QED) is 0.426. The summed E-state index contributed by atoms with van der Waals surface area (Å²) < 4.78 is 170. The molecule has 0 radical (unpaired) electrons. The topological polar surface area (TPSA) is 27.7 Å². The van der Waals surface area contributed by atoms with Crippen molar-refractivity contribution in [1.29, 1.82) is 0 Å². The van der Waals surface area contributed by atoms with Gasteiger partial charge in [-0.05, 0) is 6.42 Å². The first-order valence-corrected chi connectivity index (χ1v) is 6.70. The van der Waals surface area contributed by atoms with Crippen LogP contribution in [0, 0.1) is 0 Å². The average molecular weight is 436 g/mol. The first-order valence-electron chi connectivity index (χ1n) is 6.70. The van der Waals surface area contributed by atoms with Crippen LogP contribution in [-0.4, -0.2) is 48.0 Å². The fraction of sp³-hybridized carbons (Fsp3) is 1.00. The molecule has 1 unspecified atom stereocenters. The van der Waals surface area contributed by atoms with E-state index in [1.165, 1.54) is 0 Å². The normalized spacial score (nSPS) is 24.2. The van der Waals surface area contributed by atoms with E-state index in [9.17, 15) is 57.1 Å². The van der Waals surface area contributed by atoms with Crippen LogP contribution in [0.2, 0.25) is 0 Å². The molecule has 27 heavy (non-hydrogen) atoms. The Labute approximate surface area is 141 Å². The van der Waals surface area contributed by atoms with Crippen LogP contribution in [0.1, 0.15) is 19.8 Å². The molecule has 1 aliphatic heterocycles. The van der Waals surface area contributed by atoms with Crippen LogP contribution in [0.15, 0.2) is 0 Å². The largest absolute Gasteiger partial charge is 0.460 e. The third kappa shape index (κ3) is 3.03. The summed E-state index contributed by atoms with van der Waals surface area (Å²) in [4.78, 5) is 7.57. The summed E-state index contributed by atoms with van der Waals surface area (Å²) in [6.45, 7) is -0.376. The lowest BCUT2D eigenvalue weighted by atomic mass is 9.81. The van der Waals surface area contributed by atoms with E-state index in [4.69, 9.17) is 0 Å². The van der Waals surface area contributed by atoms with Gasteiger partial charge in [-0.1, -0.05) is 12.0 Å². The van der Waals surface area contributed by atoms with Crippen LogP contribution in [0.3, 0.4) is 0 Å². The van der Waals surface area contributed by atoms with Crippen molar-refractivity contribution in [3.05, 3.63) is 0 Å². The molecule has 0 aromatic heterocycles. The maximum atomic E-state index is 14.1. The Morgan fingerprint density at radius 1 is 0.704 bits per heavy atom. The second-order valence-corrected chi connectivity index (χ2v) is 5.44. The van der Waals surface area contributed by atoms with Crippen molar-refractivity contribution in [3.63, 3.8) is 0 Å². The lowest BCUT2D eigenvalue weighted by molar-refractivity contribution is -0.594. The molecule has 0 bridgehead atoms. The van der Waals surface area contributed by atoms with Gasteiger partial charge in [0.15, 0.2) is 5.60 Å². The molecule has 1 aliphatic rings. The van der Waals surface area contributed by atoms with Gasteiger partial charge in [-0.2, -0.15) is 62.0 Å². The van der Waals surface area contributed by atoms with Crippen LogP contribution in [0.4, 0.5) is 57.1 Å². The number of hydrogen-bond acceptors (Lipinski definition) is 3. The number of halogens is 13. The minimum absolute atomic E-state index is 0.624. The Morgan fingerprint density at radius 3 is 1.48 bits per heavy atom. The number of rotatable bonds is 6. The lowest BCUT2D eigenvalue weighted by Crippen LogP contribution is -2.74. The fourth-order valence-electron chi connectivity index (χ4n) is 2.09. The number of hydrogen-bond donors (Lipinski definition) is 0. The summed E-state index contributed by atoms with van der Waals surface area (Å²) in [5, 5.41) is 3.50. The smallest absolute Gasteiger partial charge is 0.206 e. The first-order chi connectivity index (χ1) is 11.8. The Balaban J connectivity index is 3.54. The Hall–Kier alpha value is -1.03. The second kappa shape index (κ2) is 6.50. The van der Waals surface area contributed by atoms with Crippen LogP contribution in [0.25, 0.3) is 0 Å². The molecule has 3 nitrogen and oxygen atoms in total. The highest BCUT2D eigenvalue weighted by Crippen LogP contribution is 2.62. The molecule has 0 aromatic rings. The molecule has 0 amide bonds. The van der Waals surface area contributed by atoms with Gasteiger partial charge in [0.05, 0.1) is 6.61 Å². The van der Waals surface area contributed by atoms with Crippen molar-refractivity contribution < 1.29 is 71.9 Å². The minimum Gasteiger partial charge on any atom is -0.206 e. The predicted molar refractivity (Wildman–Crippen MR) is 56.6 cm³/mol. The Bertz CT molecular complexity index is 536. The molecule has 0 aliphatic carbocycles. The van der Waals surface area contributed by atoms with Gasteiger partial charge in [-0.3, -0.25) is 0 Å². The van der Waals surface area contributed by atoms with Gasteiger partial charge in [0.2, 0.25) is 0 Å². The zero-order valence-electron chi connectivity index (χ0n) is 12.8. The highest BCUT2D eigenvalue weighted by molar-refractivity contribution is 5.14. The van der Waals surface area contributed by atoms with E-state index >= 15 is 0 Å². The van der Waals surface area contributed by atoms with Crippen molar-refractivity contribution in [2.45, 2.75) is 61.2 Å². The molecule has 16 heteroatoms. The molecule has 1 atom stereocenters. The maximum absolute atomic E-state index is 14.1. The molecule has 1 fully saturated rings. The van der Waals surface area contributed by atoms with Crippen molar-refractivity contribution in [1.82, 2.24) is 0 Å². The lowest BCUT2D eigenvalue weighted by Gasteiger charge is -2.46. The maximum Gasteiger partial charge on any atom is 0.460 e. The van der Waals surface area contributed by atoms with Crippen molar-refractivity contribution in [3.8, 4) is 0 Å². The van der Waals surface area contributed by atoms with E-state index < -0.39 is 60.8 Å². The van der Waals surface area contributed by atoms with Crippen LogP contribution >= 0.6 is 0 Å². The molecular formula is C11H9F13O3. The van der Waals surface area contributed by atoms with Crippen LogP contribution in [-0.2, 0) is 14.8 Å². The zero-order chi connectivity index (χ0) is 21.7. The van der Waals surface area contributed by atoms with Gasteiger partial charge in [-0.15, -0.1) is 0 Å². The van der Waals surface area contributed by atoms with Gasteiger partial charge in [0.1, 0.15) is 0 Å². The van der Waals surface area contributed by atoms with Crippen molar-refractivity contribution in [2.24, 2.45) is 0 Å². The van der Waals surface area contributed by atoms with Gasteiger partial charge in [0.25, 0.3) is 0 Å². The summed E-state index contributed by atoms with van der Waals surface area (Å²) >= 11 is 0. The van der Waals surface area contributed by atoms with Crippen molar-refractivity contribution >= 4 is 0 Å². The molecule has 1 heterocycles. The Kier molecular flexibility index (Phi) is 5.78. The molecule has 1 rings (SSSR count). The van der Waals surface area contributed by atoms with Gasteiger partial charge >= 0.3 is 35.8 Å². The SMILES string of the molecule is CCC1(C(F)(F)C(F)(F)C(F)(F)C(F)(F)C(F)(F)C(F)(F)F)CCOOO1. The third-order valence-corrected chi connectivity index (χ3v) is 3.91. The van der Waals surface area contributed by atoms with Crippen molar-refractivity contribution in [2.75, 3.05) is 6.61 Å². The van der Waals surface area contributed by atoms with Gasteiger partial charge in [0, 0.05) is 6.42 Å². The molecule has 0 N–H and O–H groups in total. The Morgan fingerprint density at radius 2 is 1.15 bits per heavy atom. The molecule has 0 aromatic carbocycles. The molecule has 162 valence electrons. The van der Waals surface area contributed by atoms with E-state index in [2.05, 4.69) is 14.8 Å². The van der Waals surface area contributed by atoms with Crippen LogP contribution in [0.5, 0.6) is 0 Å². The highest BCUT2D eigenvalue weighted by Gasteiger charge is 2.92. The van der Waals surface area contributed by atoms with E-state index in [-0.39, 0.29) is 0 Å². The van der Waals surface area contributed by atoms with E-state index in [1.54, 1.807) is 0 Å². The number of alkyl halides is 13. The first kappa shape index (κ1) is 24.0. The van der Waals surface area contributed by atoms with Gasteiger partial charge < -0.3 is 0 Å². The highest BCUT2D eigenvalue weighted by atomic mass is 19.4. The van der Waals surface area contributed by atoms with Crippen LogP contribution < -0.4 is 0 Å². The molecule has 0 spiro atoms. The van der Waals surface area contributed by atoms with E-state index in [1.807, 2.05) is 0 Å². The van der Waals surface area contributed by atoms with E-state index in [0.29, 0.717) is 6.92 Å². The third-order valence-electron chi connectivity index (χ3n) is 3.91. The summed E-state index contributed by atoms with van der Waals surface area (Å²) in [6.07, 6.45) is -10.1. The second-order valence-electron chi connectivity index (χ2n) is 5.44. The summed E-state index contributed by atoms with van der Waals surface area (Å²) in [6, 6.07) is 0. The van der Waals surface area contributed by atoms with E-state index in [0.717, 1.165) is 0 Å². The monoisotopic (exact) mass is 436 g/mol. The predicted octanol–water partition coefficient (Wildman–Crippen LogP) is 5.16. The van der Waals surface area contributed by atoms with Gasteiger partial charge in [-0.25, -0.2) is 4.89 Å². The molecule has 1 saturated heterocycles. The zero-order valence-corrected chi connectivity index (χ0v) is 12.8. The molecular weight excluding hydrogens is 427 g/mol.